The number of allylic oxidation sites excluding steroid dienone is 1. The minimum absolute atomic E-state index is 0.0718. The molecule has 4 aromatic rings. The predicted octanol–water partition coefficient (Wildman–Crippen LogP) is 7.17. The highest BCUT2D eigenvalue weighted by Crippen LogP contribution is 2.35. The molecule has 0 atom stereocenters. The van der Waals surface area contributed by atoms with Crippen molar-refractivity contribution >= 4 is 39.1 Å². The van der Waals surface area contributed by atoms with E-state index < -0.39 is 0 Å². The Morgan fingerprint density at radius 1 is 0.971 bits per heavy atom. The maximum atomic E-state index is 13.1. The number of benzene rings is 2. The third-order valence-corrected chi connectivity index (χ3v) is 6.98. The number of fused-ring (bicyclic) bond motifs is 1. The van der Waals surface area contributed by atoms with Gasteiger partial charge in [0.1, 0.15) is 5.69 Å². The van der Waals surface area contributed by atoms with Crippen molar-refractivity contribution in [3.05, 3.63) is 82.4 Å². The van der Waals surface area contributed by atoms with Crippen LogP contribution in [0.5, 0.6) is 11.5 Å². The molecule has 2 aromatic heterocycles. The van der Waals surface area contributed by atoms with Crippen LogP contribution in [0.2, 0.25) is 0 Å². The molecule has 0 aliphatic heterocycles. The van der Waals surface area contributed by atoms with Crippen molar-refractivity contribution in [2.75, 3.05) is 14.2 Å². The molecule has 6 heteroatoms. The first-order valence-electron chi connectivity index (χ1n) is 11.4. The van der Waals surface area contributed by atoms with Crippen LogP contribution >= 0.6 is 11.3 Å². The minimum atomic E-state index is -0.165. The number of ether oxygens (including phenoxy) is 2. The second-order valence-electron chi connectivity index (χ2n) is 8.19. The zero-order chi connectivity index (χ0) is 24.9. The maximum Gasteiger partial charge on any atom is 0.181 e. The molecule has 178 valence electrons. The summed E-state index contributed by atoms with van der Waals surface area (Å²) >= 11 is 1.68. The zero-order valence-electron chi connectivity index (χ0n) is 20.3. The van der Waals surface area contributed by atoms with Crippen LogP contribution in [-0.4, -0.2) is 30.8 Å². The normalized spacial score (nSPS) is 11.2. The Hall–Kier alpha value is -3.77. The van der Waals surface area contributed by atoms with E-state index in [1.54, 1.807) is 42.7 Å². The van der Waals surface area contributed by atoms with Crippen LogP contribution in [0, 0.1) is 6.92 Å². The SMILES string of the molecule is C/C=C\c1cc(C(=O)CCC(=O)c2ccc(OC)c(OC)c2)nc(-c2csc3c(C)cccc23)c1. The third-order valence-electron chi connectivity index (χ3n) is 5.85. The molecule has 0 aliphatic rings. The Morgan fingerprint density at radius 2 is 1.74 bits per heavy atom. The van der Waals surface area contributed by atoms with E-state index in [0.29, 0.717) is 22.8 Å². The van der Waals surface area contributed by atoms with Gasteiger partial charge in [-0.2, -0.15) is 0 Å². The lowest BCUT2D eigenvalue weighted by molar-refractivity contribution is 0.0915. The first-order chi connectivity index (χ1) is 16.9. The number of carbonyl (C=O) groups is 2. The molecular weight excluding hydrogens is 458 g/mol. The molecule has 0 radical (unpaired) electrons. The van der Waals surface area contributed by atoms with Crippen LogP contribution in [0.25, 0.3) is 27.4 Å². The Balaban J connectivity index is 1.59. The molecule has 4 rings (SSSR count). The van der Waals surface area contributed by atoms with E-state index >= 15 is 0 Å². The molecule has 0 bridgehead atoms. The van der Waals surface area contributed by atoms with Gasteiger partial charge in [-0.15, -0.1) is 11.3 Å². The number of pyridine rings is 1. The summed E-state index contributed by atoms with van der Waals surface area (Å²) in [7, 11) is 3.07. The number of methoxy groups -OCH3 is 2. The molecule has 5 nitrogen and oxygen atoms in total. The average molecular weight is 486 g/mol. The first-order valence-corrected chi connectivity index (χ1v) is 12.2. The summed E-state index contributed by atoms with van der Waals surface area (Å²) in [6.07, 6.45) is 4.04. The van der Waals surface area contributed by atoms with Crippen LogP contribution in [0.4, 0.5) is 0 Å². The molecule has 2 heterocycles. The number of aromatic nitrogens is 1. The van der Waals surface area contributed by atoms with Crippen molar-refractivity contribution in [2.45, 2.75) is 26.7 Å². The van der Waals surface area contributed by atoms with Gasteiger partial charge in [-0.05, 0) is 55.3 Å². The fourth-order valence-corrected chi connectivity index (χ4v) is 5.07. The lowest BCUT2D eigenvalue weighted by Crippen LogP contribution is -2.08. The van der Waals surface area contributed by atoms with E-state index in [-0.39, 0.29) is 24.4 Å². The average Bonchev–Trinajstić information content (AvgIpc) is 3.32. The Labute approximate surface area is 209 Å². The summed E-state index contributed by atoms with van der Waals surface area (Å²) in [5.74, 6) is 0.729. The van der Waals surface area contributed by atoms with Crippen LogP contribution < -0.4 is 9.47 Å². The lowest BCUT2D eigenvalue weighted by atomic mass is 10.0. The zero-order valence-corrected chi connectivity index (χ0v) is 21.1. The number of ketones is 2. The number of thiophene rings is 1. The minimum Gasteiger partial charge on any atom is -0.493 e. The standard InChI is InChI=1S/C29H27NO4S/c1-5-7-19-14-23(22-17-35-29-18(2)8-6-9-21(22)29)30-24(15-19)26(32)12-11-25(31)20-10-13-27(33-3)28(16-20)34-4/h5-10,13-17H,11-12H2,1-4H3/b7-5-. The van der Waals surface area contributed by atoms with Gasteiger partial charge in [0, 0.05) is 39.4 Å². The topological polar surface area (TPSA) is 65.5 Å². The smallest absolute Gasteiger partial charge is 0.181 e. The van der Waals surface area contributed by atoms with E-state index in [0.717, 1.165) is 22.2 Å². The number of nitrogens with zero attached hydrogens (tertiary/aromatic N) is 1. The molecular formula is C29H27NO4S. The second kappa shape index (κ2) is 10.7. The molecule has 0 fully saturated rings. The van der Waals surface area contributed by atoms with Crippen molar-refractivity contribution < 1.29 is 19.1 Å². The van der Waals surface area contributed by atoms with Crippen LogP contribution in [0.3, 0.4) is 0 Å². The Bertz CT molecular complexity index is 1430. The molecule has 0 aliphatic carbocycles. The number of rotatable bonds is 9. The van der Waals surface area contributed by atoms with Gasteiger partial charge in [0.15, 0.2) is 23.1 Å². The van der Waals surface area contributed by atoms with Crippen molar-refractivity contribution in [3.63, 3.8) is 0 Å². The van der Waals surface area contributed by atoms with Gasteiger partial charge in [0.05, 0.1) is 19.9 Å². The number of hydrogen-bond acceptors (Lipinski definition) is 6. The van der Waals surface area contributed by atoms with Crippen LogP contribution in [0.1, 0.15) is 51.7 Å². The van der Waals surface area contributed by atoms with Gasteiger partial charge in [-0.3, -0.25) is 9.59 Å². The highest BCUT2D eigenvalue weighted by molar-refractivity contribution is 7.18. The summed E-state index contributed by atoms with van der Waals surface area (Å²) in [5.41, 5.74) is 4.73. The van der Waals surface area contributed by atoms with E-state index in [4.69, 9.17) is 14.5 Å². The summed E-state index contributed by atoms with van der Waals surface area (Å²) in [6.45, 7) is 4.03. The van der Waals surface area contributed by atoms with Crippen molar-refractivity contribution in [2.24, 2.45) is 0 Å². The Kier molecular flexibility index (Phi) is 7.42. The Morgan fingerprint density at radius 3 is 2.49 bits per heavy atom. The van der Waals surface area contributed by atoms with E-state index in [2.05, 4.69) is 24.4 Å². The summed E-state index contributed by atoms with van der Waals surface area (Å²) in [5, 5.41) is 3.22. The molecule has 2 aromatic carbocycles. The highest BCUT2D eigenvalue weighted by Gasteiger charge is 2.17. The van der Waals surface area contributed by atoms with E-state index in [9.17, 15) is 9.59 Å². The largest absolute Gasteiger partial charge is 0.493 e. The predicted molar refractivity (Wildman–Crippen MR) is 142 cm³/mol. The van der Waals surface area contributed by atoms with E-state index in [1.165, 1.54) is 17.4 Å². The van der Waals surface area contributed by atoms with Gasteiger partial charge < -0.3 is 9.47 Å². The van der Waals surface area contributed by atoms with Crippen molar-refractivity contribution in [1.82, 2.24) is 4.98 Å². The van der Waals surface area contributed by atoms with Crippen LogP contribution in [-0.2, 0) is 0 Å². The second-order valence-corrected chi connectivity index (χ2v) is 9.07. The maximum absolute atomic E-state index is 13.1. The van der Waals surface area contributed by atoms with Crippen molar-refractivity contribution in [1.29, 1.82) is 0 Å². The fourth-order valence-electron chi connectivity index (χ4n) is 4.03. The molecule has 0 N–H and O–H groups in total. The number of carbonyl (C=O) groups excluding carboxylic acids is 2. The molecule has 0 saturated heterocycles. The van der Waals surface area contributed by atoms with E-state index in [1.807, 2.05) is 31.2 Å². The van der Waals surface area contributed by atoms with Gasteiger partial charge in [-0.25, -0.2) is 4.98 Å². The van der Waals surface area contributed by atoms with Gasteiger partial charge in [0.25, 0.3) is 0 Å². The van der Waals surface area contributed by atoms with Gasteiger partial charge in [-0.1, -0.05) is 30.4 Å². The molecule has 35 heavy (non-hydrogen) atoms. The summed E-state index contributed by atoms with van der Waals surface area (Å²) < 4.78 is 11.7. The number of Topliss-reactive ketones (excluding diaryl/α,β-unsaturated/α-hetero) is 2. The third kappa shape index (κ3) is 5.17. The van der Waals surface area contributed by atoms with Crippen molar-refractivity contribution in [3.8, 4) is 22.8 Å². The molecule has 0 amide bonds. The van der Waals surface area contributed by atoms with Gasteiger partial charge >= 0.3 is 0 Å². The monoisotopic (exact) mass is 485 g/mol. The van der Waals surface area contributed by atoms with Crippen LogP contribution in [0.15, 0.2) is 60.0 Å². The number of aryl methyl sites for hydroxylation is 1. The summed E-state index contributed by atoms with van der Waals surface area (Å²) in [4.78, 5) is 30.6. The fraction of sp³-hybridized carbons (Fsp3) is 0.207. The first kappa shape index (κ1) is 24.4. The number of hydrogen-bond donors (Lipinski definition) is 0. The lowest BCUT2D eigenvalue weighted by Gasteiger charge is -2.09. The highest BCUT2D eigenvalue weighted by atomic mass is 32.1. The van der Waals surface area contributed by atoms with Gasteiger partial charge in [0.2, 0.25) is 0 Å². The molecule has 0 unspecified atom stereocenters. The molecule has 0 saturated carbocycles. The summed E-state index contributed by atoms with van der Waals surface area (Å²) in [6, 6.07) is 15.0. The quantitative estimate of drug-likeness (QED) is 0.235. The molecule has 0 spiro atoms.